The van der Waals surface area contributed by atoms with Gasteiger partial charge in [-0.3, -0.25) is 4.98 Å². The van der Waals surface area contributed by atoms with Gasteiger partial charge in [0.05, 0.1) is 24.8 Å². The molecule has 0 saturated carbocycles. The zero-order chi connectivity index (χ0) is 13.2. The van der Waals surface area contributed by atoms with Crippen LogP contribution in [0.1, 0.15) is 23.8 Å². The molecular formula is C15H17NO3. The molecule has 4 heteroatoms. The van der Waals surface area contributed by atoms with Gasteiger partial charge in [-0.2, -0.15) is 0 Å². The van der Waals surface area contributed by atoms with Crippen molar-refractivity contribution in [3.8, 4) is 0 Å². The quantitative estimate of drug-likeness (QED) is 0.919. The number of hydrogen-bond acceptors (Lipinski definition) is 4. The topological polar surface area (TPSA) is 51.6 Å². The molecule has 1 aromatic heterocycles. The minimum absolute atomic E-state index is 0.290. The average molecular weight is 259 g/mol. The van der Waals surface area contributed by atoms with E-state index in [4.69, 9.17) is 9.47 Å². The Morgan fingerprint density at radius 3 is 2.84 bits per heavy atom. The van der Waals surface area contributed by atoms with Crippen LogP contribution in [0.25, 0.3) is 10.9 Å². The standard InChI is InChI=1S/C15H17NO3/c1-10-2-3-11-8-12(4-5-13(11)16-10)14(17)9-15-18-6-7-19-15/h2-5,8,14-15,17H,6-7,9H2,1H3. The number of benzene rings is 1. The second-order valence-electron chi connectivity index (χ2n) is 4.83. The summed E-state index contributed by atoms with van der Waals surface area (Å²) in [5.41, 5.74) is 2.81. The van der Waals surface area contributed by atoms with E-state index >= 15 is 0 Å². The molecule has 1 fully saturated rings. The number of pyridine rings is 1. The van der Waals surface area contributed by atoms with Gasteiger partial charge in [-0.25, -0.2) is 0 Å². The fourth-order valence-electron chi connectivity index (χ4n) is 2.31. The van der Waals surface area contributed by atoms with Gasteiger partial charge < -0.3 is 14.6 Å². The van der Waals surface area contributed by atoms with Crippen LogP contribution in [0.4, 0.5) is 0 Å². The Kier molecular flexibility index (Phi) is 3.46. The first-order chi connectivity index (χ1) is 9.22. The Morgan fingerprint density at radius 2 is 2.05 bits per heavy atom. The molecule has 2 aromatic rings. The van der Waals surface area contributed by atoms with Crippen LogP contribution in [-0.2, 0) is 9.47 Å². The van der Waals surface area contributed by atoms with Crippen LogP contribution in [0.2, 0.25) is 0 Å². The molecule has 19 heavy (non-hydrogen) atoms. The second kappa shape index (κ2) is 5.25. The summed E-state index contributed by atoms with van der Waals surface area (Å²) < 4.78 is 10.7. The van der Waals surface area contributed by atoms with Gasteiger partial charge in [0.2, 0.25) is 0 Å². The maximum Gasteiger partial charge on any atom is 0.160 e. The number of nitrogens with zero attached hydrogens (tertiary/aromatic N) is 1. The molecule has 1 aromatic carbocycles. The Labute approximate surface area is 112 Å². The molecule has 1 saturated heterocycles. The summed E-state index contributed by atoms with van der Waals surface area (Å²) >= 11 is 0. The Morgan fingerprint density at radius 1 is 1.26 bits per heavy atom. The minimum atomic E-state index is -0.575. The number of rotatable bonds is 3. The van der Waals surface area contributed by atoms with E-state index < -0.39 is 6.10 Å². The van der Waals surface area contributed by atoms with Crippen molar-refractivity contribution in [1.82, 2.24) is 4.98 Å². The highest BCUT2D eigenvalue weighted by atomic mass is 16.7. The first-order valence-electron chi connectivity index (χ1n) is 6.51. The van der Waals surface area contributed by atoms with Crippen molar-refractivity contribution in [3.05, 3.63) is 41.6 Å². The predicted octanol–water partition coefficient (Wildman–Crippen LogP) is 2.34. The molecule has 2 heterocycles. The smallest absolute Gasteiger partial charge is 0.160 e. The molecule has 1 aliphatic rings. The van der Waals surface area contributed by atoms with Gasteiger partial charge in [-0.05, 0) is 30.7 Å². The van der Waals surface area contributed by atoms with Crippen LogP contribution in [-0.4, -0.2) is 29.6 Å². The SMILES string of the molecule is Cc1ccc2cc(C(O)CC3OCCO3)ccc2n1. The van der Waals surface area contributed by atoms with Crippen molar-refractivity contribution < 1.29 is 14.6 Å². The number of aryl methyl sites for hydroxylation is 1. The number of fused-ring (bicyclic) bond motifs is 1. The molecule has 0 bridgehead atoms. The van der Waals surface area contributed by atoms with Gasteiger partial charge in [0.1, 0.15) is 0 Å². The van der Waals surface area contributed by atoms with Crippen LogP contribution in [0.5, 0.6) is 0 Å². The third-order valence-corrected chi connectivity index (χ3v) is 3.34. The maximum absolute atomic E-state index is 10.2. The monoisotopic (exact) mass is 259 g/mol. The number of hydrogen-bond donors (Lipinski definition) is 1. The number of aliphatic hydroxyl groups is 1. The van der Waals surface area contributed by atoms with E-state index in [9.17, 15) is 5.11 Å². The molecule has 1 unspecified atom stereocenters. The lowest BCUT2D eigenvalue weighted by Crippen LogP contribution is -2.13. The lowest BCUT2D eigenvalue weighted by molar-refractivity contribution is -0.0707. The van der Waals surface area contributed by atoms with Gasteiger partial charge in [-0.1, -0.05) is 12.1 Å². The van der Waals surface area contributed by atoms with Crippen molar-refractivity contribution in [3.63, 3.8) is 0 Å². The number of aliphatic hydroxyl groups excluding tert-OH is 1. The van der Waals surface area contributed by atoms with Crippen molar-refractivity contribution in [2.75, 3.05) is 13.2 Å². The fraction of sp³-hybridized carbons (Fsp3) is 0.400. The molecule has 1 atom stereocenters. The van der Waals surface area contributed by atoms with Gasteiger partial charge in [0.25, 0.3) is 0 Å². The van der Waals surface area contributed by atoms with Crippen molar-refractivity contribution in [1.29, 1.82) is 0 Å². The molecule has 0 amide bonds. The highest BCUT2D eigenvalue weighted by molar-refractivity contribution is 5.79. The summed E-state index contributed by atoms with van der Waals surface area (Å²) in [7, 11) is 0. The van der Waals surface area contributed by atoms with Gasteiger partial charge in [-0.15, -0.1) is 0 Å². The molecule has 1 aliphatic heterocycles. The zero-order valence-electron chi connectivity index (χ0n) is 10.9. The average Bonchev–Trinajstić information content (AvgIpc) is 2.91. The van der Waals surface area contributed by atoms with Crippen LogP contribution < -0.4 is 0 Å². The second-order valence-corrected chi connectivity index (χ2v) is 4.83. The third kappa shape index (κ3) is 2.76. The van der Waals surface area contributed by atoms with E-state index in [-0.39, 0.29) is 6.29 Å². The van der Waals surface area contributed by atoms with E-state index in [0.717, 1.165) is 22.2 Å². The van der Waals surface area contributed by atoms with Crippen molar-refractivity contribution in [2.24, 2.45) is 0 Å². The first-order valence-corrected chi connectivity index (χ1v) is 6.51. The summed E-state index contributed by atoms with van der Waals surface area (Å²) in [6, 6.07) is 9.82. The number of aromatic nitrogens is 1. The predicted molar refractivity (Wildman–Crippen MR) is 71.7 cm³/mol. The molecule has 0 spiro atoms. The minimum Gasteiger partial charge on any atom is -0.388 e. The van der Waals surface area contributed by atoms with Crippen molar-refractivity contribution in [2.45, 2.75) is 25.7 Å². The molecular weight excluding hydrogens is 242 g/mol. The van der Waals surface area contributed by atoms with Crippen molar-refractivity contribution >= 4 is 10.9 Å². The zero-order valence-corrected chi connectivity index (χ0v) is 10.9. The molecule has 4 nitrogen and oxygen atoms in total. The molecule has 0 radical (unpaired) electrons. The van der Waals surface area contributed by atoms with Gasteiger partial charge >= 0.3 is 0 Å². The van der Waals surface area contributed by atoms with Crippen LogP contribution >= 0.6 is 0 Å². The molecule has 100 valence electrons. The molecule has 3 rings (SSSR count). The number of ether oxygens (including phenoxy) is 2. The maximum atomic E-state index is 10.2. The summed E-state index contributed by atoms with van der Waals surface area (Å²) in [6.07, 6.45) is -0.402. The van der Waals surface area contributed by atoms with Crippen LogP contribution in [0.3, 0.4) is 0 Å². The highest BCUT2D eigenvalue weighted by Crippen LogP contribution is 2.25. The van der Waals surface area contributed by atoms with E-state index in [1.54, 1.807) is 0 Å². The van der Waals surface area contributed by atoms with Gasteiger partial charge in [0, 0.05) is 17.5 Å². The summed E-state index contributed by atoms with van der Waals surface area (Å²) in [5.74, 6) is 0. The summed E-state index contributed by atoms with van der Waals surface area (Å²) in [4.78, 5) is 4.45. The molecule has 1 N–H and O–H groups in total. The van der Waals surface area contributed by atoms with E-state index in [1.165, 1.54) is 0 Å². The molecule has 0 aliphatic carbocycles. The van der Waals surface area contributed by atoms with E-state index in [2.05, 4.69) is 4.98 Å². The van der Waals surface area contributed by atoms with Crippen LogP contribution in [0.15, 0.2) is 30.3 Å². The first kappa shape index (κ1) is 12.5. The normalized spacial score (nSPS) is 18.0. The Hall–Kier alpha value is -1.49. The highest BCUT2D eigenvalue weighted by Gasteiger charge is 2.21. The van der Waals surface area contributed by atoms with Crippen LogP contribution in [0, 0.1) is 6.92 Å². The van der Waals surface area contributed by atoms with Gasteiger partial charge in [0.15, 0.2) is 6.29 Å². The Bertz CT molecular complexity index is 579. The van der Waals surface area contributed by atoms with E-state index in [0.29, 0.717) is 19.6 Å². The summed E-state index contributed by atoms with van der Waals surface area (Å²) in [5, 5.41) is 11.3. The third-order valence-electron chi connectivity index (χ3n) is 3.34. The largest absolute Gasteiger partial charge is 0.388 e. The lowest BCUT2D eigenvalue weighted by Gasteiger charge is -2.15. The Balaban J connectivity index is 1.81. The van der Waals surface area contributed by atoms with E-state index in [1.807, 2.05) is 37.3 Å². The lowest BCUT2D eigenvalue weighted by atomic mass is 10.0. The summed E-state index contributed by atoms with van der Waals surface area (Å²) in [6.45, 7) is 3.19. The fourth-order valence-corrected chi connectivity index (χ4v) is 2.31.